The molecule has 7 nitrogen and oxygen atoms in total. The van der Waals surface area contributed by atoms with Gasteiger partial charge in [0.2, 0.25) is 0 Å². The standard InChI is InChI=1S/C27H24Br2O7/c1-14(2)18-11-23(36-27-20(28)8-16(9-21(27)29)10-24(30)31)19(12-22(18)35-13-25(32)33)26(34)17-7-5-4-6-15(17)3/h4-9,11-12,14H,10,13H2,1-3H3,(H,30,31)(H,32,33). The molecule has 9 heteroatoms. The summed E-state index contributed by atoms with van der Waals surface area (Å²) < 4.78 is 12.8. The minimum absolute atomic E-state index is 0.0661. The Morgan fingerprint density at radius 1 is 0.889 bits per heavy atom. The van der Waals surface area contributed by atoms with Gasteiger partial charge in [-0.3, -0.25) is 9.59 Å². The van der Waals surface area contributed by atoms with Crippen molar-refractivity contribution in [2.24, 2.45) is 0 Å². The molecule has 0 aliphatic heterocycles. The summed E-state index contributed by atoms with van der Waals surface area (Å²) in [6.45, 7) is 5.11. The number of carboxylic acids is 2. The molecule has 0 saturated carbocycles. The summed E-state index contributed by atoms with van der Waals surface area (Å²) in [4.78, 5) is 35.9. The molecule has 0 heterocycles. The summed E-state index contributed by atoms with van der Waals surface area (Å²) in [6.07, 6.45) is -0.165. The third-order valence-electron chi connectivity index (χ3n) is 5.34. The lowest BCUT2D eigenvalue weighted by molar-refractivity contribution is -0.139. The number of hydrogen-bond acceptors (Lipinski definition) is 5. The van der Waals surface area contributed by atoms with Gasteiger partial charge in [0.1, 0.15) is 11.5 Å². The van der Waals surface area contributed by atoms with E-state index in [1.54, 1.807) is 30.3 Å². The van der Waals surface area contributed by atoms with Gasteiger partial charge in [-0.05, 0) is 80.1 Å². The Labute approximate surface area is 225 Å². The van der Waals surface area contributed by atoms with E-state index in [2.05, 4.69) is 31.9 Å². The number of hydrogen-bond donors (Lipinski definition) is 2. The number of benzene rings is 3. The molecule has 0 aliphatic rings. The summed E-state index contributed by atoms with van der Waals surface area (Å²) in [6, 6.07) is 13.6. The van der Waals surface area contributed by atoms with E-state index in [0.29, 0.717) is 31.4 Å². The number of carbonyl (C=O) groups excluding carboxylic acids is 1. The lowest BCUT2D eigenvalue weighted by atomic mass is 9.94. The van der Waals surface area contributed by atoms with Crippen molar-refractivity contribution in [3.05, 3.63) is 85.3 Å². The molecule has 0 atom stereocenters. The second kappa shape index (κ2) is 11.7. The van der Waals surface area contributed by atoms with Crippen molar-refractivity contribution < 1.29 is 34.1 Å². The van der Waals surface area contributed by atoms with Gasteiger partial charge in [-0.1, -0.05) is 38.1 Å². The van der Waals surface area contributed by atoms with Crippen molar-refractivity contribution >= 4 is 49.6 Å². The summed E-state index contributed by atoms with van der Waals surface area (Å²) in [7, 11) is 0. The van der Waals surface area contributed by atoms with Gasteiger partial charge in [-0.25, -0.2) is 4.79 Å². The van der Waals surface area contributed by atoms with Crippen LogP contribution in [0, 0.1) is 6.92 Å². The first-order valence-electron chi connectivity index (χ1n) is 11.0. The zero-order valence-corrected chi connectivity index (χ0v) is 23.0. The highest BCUT2D eigenvalue weighted by Gasteiger charge is 2.24. The van der Waals surface area contributed by atoms with Gasteiger partial charge >= 0.3 is 11.9 Å². The molecule has 2 N–H and O–H groups in total. The van der Waals surface area contributed by atoms with Crippen molar-refractivity contribution in [1.82, 2.24) is 0 Å². The van der Waals surface area contributed by atoms with Crippen LogP contribution in [0.4, 0.5) is 0 Å². The quantitative estimate of drug-likeness (QED) is 0.241. The van der Waals surface area contributed by atoms with Gasteiger partial charge in [0.05, 0.1) is 20.9 Å². The van der Waals surface area contributed by atoms with Crippen LogP contribution in [0.1, 0.15) is 52.4 Å². The molecule has 3 rings (SSSR count). The number of aryl methyl sites for hydroxylation is 1. The van der Waals surface area contributed by atoms with E-state index in [9.17, 15) is 14.4 Å². The molecule has 0 unspecified atom stereocenters. The van der Waals surface area contributed by atoms with E-state index in [0.717, 1.165) is 5.56 Å². The molecule has 0 aromatic heterocycles. The van der Waals surface area contributed by atoms with E-state index in [1.807, 2.05) is 32.9 Å². The Morgan fingerprint density at radius 3 is 2.08 bits per heavy atom. The van der Waals surface area contributed by atoms with Crippen molar-refractivity contribution in [1.29, 1.82) is 0 Å². The molecule has 188 valence electrons. The van der Waals surface area contributed by atoms with Crippen LogP contribution < -0.4 is 9.47 Å². The normalized spacial score (nSPS) is 10.8. The minimum Gasteiger partial charge on any atom is -0.482 e. The molecule has 0 aliphatic carbocycles. The second-order valence-corrected chi connectivity index (χ2v) is 10.1. The first-order valence-corrected chi connectivity index (χ1v) is 12.6. The Hall–Kier alpha value is -3.17. The van der Waals surface area contributed by atoms with E-state index < -0.39 is 18.5 Å². The SMILES string of the molecule is Cc1ccccc1C(=O)c1cc(OCC(=O)O)c(C(C)C)cc1Oc1c(Br)cc(CC(=O)O)cc1Br. The van der Waals surface area contributed by atoms with Crippen LogP contribution >= 0.6 is 31.9 Å². The Kier molecular flexibility index (Phi) is 8.92. The van der Waals surface area contributed by atoms with Gasteiger partial charge in [0, 0.05) is 11.1 Å². The second-order valence-electron chi connectivity index (χ2n) is 8.43. The molecule has 0 fully saturated rings. The number of ketones is 1. The molecule has 3 aromatic rings. The van der Waals surface area contributed by atoms with Gasteiger partial charge < -0.3 is 19.7 Å². The molecule has 0 spiro atoms. The maximum Gasteiger partial charge on any atom is 0.341 e. The summed E-state index contributed by atoms with van der Waals surface area (Å²) >= 11 is 6.89. The number of aliphatic carboxylic acids is 2. The zero-order valence-electron chi connectivity index (χ0n) is 19.8. The fourth-order valence-corrected chi connectivity index (χ4v) is 5.07. The van der Waals surface area contributed by atoms with Crippen LogP contribution in [-0.2, 0) is 16.0 Å². The third-order valence-corrected chi connectivity index (χ3v) is 6.52. The number of rotatable bonds is 10. The van der Waals surface area contributed by atoms with Crippen molar-refractivity contribution in [2.75, 3.05) is 6.61 Å². The zero-order chi connectivity index (χ0) is 26.6. The number of carbonyl (C=O) groups is 3. The highest BCUT2D eigenvalue weighted by atomic mass is 79.9. The molecule has 3 aromatic carbocycles. The van der Waals surface area contributed by atoms with E-state index >= 15 is 0 Å². The number of halogens is 2. The molecule has 0 bridgehead atoms. The van der Waals surface area contributed by atoms with Crippen LogP contribution in [0.5, 0.6) is 17.2 Å². The Morgan fingerprint density at radius 2 is 1.53 bits per heavy atom. The largest absolute Gasteiger partial charge is 0.482 e. The predicted molar refractivity (Wildman–Crippen MR) is 142 cm³/mol. The topological polar surface area (TPSA) is 110 Å². The Balaban J connectivity index is 2.18. The molecule has 0 radical (unpaired) electrons. The first kappa shape index (κ1) is 27.4. The highest BCUT2D eigenvalue weighted by Crippen LogP contribution is 2.42. The molecular formula is C27H24Br2O7. The first-order chi connectivity index (χ1) is 17.0. The monoisotopic (exact) mass is 618 g/mol. The van der Waals surface area contributed by atoms with Crippen LogP contribution in [-0.4, -0.2) is 34.5 Å². The van der Waals surface area contributed by atoms with Gasteiger partial charge in [0.15, 0.2) is 18.1 Å². The fourth-order valence-electron chi connectivity index (χ4n) is 3.62. The average molecular weight is 620 g/mol. The maximum atomic E-state index is 13.7. The molecule has 0 amide bonds. The van der Waals surface area contributed by atoms with Gasteiger partial charge in [-0.2, -0.15) is 0 Å². The van der Waals surface area contributed by atoms with Gasteiger partial charge in [0.25, 0.3) is 0 Å². The smallest absolute Gasteiger partial charge is 0.341 e. The molecule has 0 saturated heterocycles. The number of carboxylic acid groups (broad SMARTS) is 2. The van der Waals surface area contributed by atoms with Crippen LogP contribution in [0.25, 0.3) is 0 Å². The number of ether oxygens (including phenoxy) is 2. The van der Waals surface area contributed by atoms with Crippen molar-refractivity contribution in [3.8, 4) is 17.2 Å². The van der Waals surface area contributed by atoms with E-state index in [1.165, 1.54) is 6.07 Å². The average Bonchev–Trinajstić information content (AvgIpc) is 2.79. The lowest BCUT2D eigenvalue weighted by Gasteiger charge is -2.20. The predicted octanol–water partition coefficient (Wildman–Crippen LogP) is 6.76. The van der Waals surface area contributed by atoms with Crippen LogP contribution in [0.15, 0.2) is 57.5 Å². The van der Waals surface area contributed by atoms with E-state index in [4.69, 9.17) is 19.7 Å². The molecular weight excluding hydrogens is 596 g/mol. The van der Waals surface area contributed by atoms with Crippen LogP contribution in [0.2, 0.25) is 0 Å². The summed E-state index contributed by atoms with van der Waals surface area (Å²) in [5.41, 5.74) is 2.67. The van der Waals surface area contributed by atoms with Crippen molar-refractivity contribution in [3.63, 3.8) is 0 Å². The third kappa shape index (κ3) is 6.53. The maximum absolute atomic E-state index is 13.7. The minimum atomic E-state index is -1.13. The highest BCUT2D eigenvalue weighted by molar-refractivity contribution is 9.11. The van der Waals surface area contributed by atoms with Gasteiger partial charge in [-0.15, -0.1) is 0 Å². The van der Waals surface area contributed by atoms with E-state index in [-0.39, 0.29) is 35.2 Å². The lowest BCUT2D eigenvalue weighted by Crippen LogP contribution is -2.13. The molecule has 36 heavy (non-hydrogen) atoms. The van der Waals surface area contributed by atoms with Crippen LogP contribution in [0.3, 0.4) is 0 Å². The fraction of sp³-hybridized carbons (Fsp3) is 0.222. The summed E-state index contributed by atoms with van der Waals surface area (Å²) in [5, 5.41) is 18.2. The summed E-state index contributed by atoms with van der Waals surface area (Å²) in [5.74, 6) is -1.58. The Bertz CT molecular complexity index is 1310. The van der Waals surface area contributed by atoms with Crippen molar-refractivity contribution in [2.45, 2.75) is 33.1 Å².